The number of sulfonamides is 1. The summed E-state index contributed by atoms with van der Waals surface area (Å²) < 4.78 is 26.8. The summed E-state index contributed by atoms with van der Waals surface area (Å²) in [5.41, 5.74) is 0. The highest BCUT2D eigenvalue weighted by Gasteiger charge is 2.29. The van der Waals surface area contributed by atoms with Crippen LogP contribution in [0.1, 0.15) is 26.7 Å². The SMILES string of the molecule is CCC[C@@H](C)NC(=O)CN(c1nccs1)S(=O)(=O)c1ccccc1. The van der Waals surface area contributed by atoms with E-state index in [0.29, 0.717) is 0 Å². The monoisotopic (exact) mass is 367 g/mol. The lowest BCUT2D eigenvalue weighted by molar-refractivity contribution is -0.120. The number of thiazole rings is 1. The second-order valence-electron chi connectivity index (χ2n) is 5.40. The second-order valence-corrected chi connectivity index (χ2v) is 8.13. The third kappa shape index (κ3) is 4.55. The summed E-state index contributed by atoms with van der Waals surface area (Å²) in [6.45, 7) is 3.64. The van der Waals surface area contributed by atoms with Gasteiger partial charge in [-0.15, -0.1) is 11.3 Å². The number of amides is 1. The molecule has 130 valence electrons. The van der Waals surface area contributed by atoms with E-state index in [4.69, 9.17) is 0 Å². The molecule has 0 aliphatic heterocycles. The normalized spacial score (nSPS) is 12.6. The van der Waals surface area contributed by atoms with Crippen LogP contribution in [0.2, 0.25) is 0 Å². The van der Waals surface area contributed by atoms with Crippen molar-refractivity contribution in [3.8, 4) is 0 Å². The van der Waals surface area contributed by atoms with Crippen molar-refractivity contribution in [3.05, 3.63) is 41.9 Å². The van der Waals surface area contributed by atoms with E-state index >= 15 is 0 Å². The van der Waals surface area contributed by atoms with Gasteiger partial charge in [0.2, 0.25) is 5.91 Å². The summed E-state index contributed by atoms with van der Waals surface area (Å²) in [4.78, 5) is 16.5. The molecule has 0 saturated heterocycles. The fraction of sp³-hybridized carbons (Fsp3) is 0.375. The highest BCUT2D eigenvalue weighted by Crippen LogP contribution is 2.25. The molecule has 0 saturated carbocycles. The number of nitrogens with one attached hydrogen (secondary N) is 1. The summed E-state index contributed by atoms with van der Waals surface area (Å²) >= 11 is 1.18. The lowest BCUT2D eigenvalue weighted by Gasteiger charge is -2.22. The average molecular weight is 367 g/mol. The first-order chi connectivity index (χ1) is 11.4. The van der Waals surface area contributed by atoms with Gasteiger partial charge in [-0.25, -0.2) is 17.7 Å². The molecule has 6 nitrogen and oxygen atoms in total. The van der Waals surface area contributed by atoms with E-state index in [1.807, 2.05) is 13.8 Å². The van der Waals surface area contributed by atoms with Crippen LogP contribution in [0, 0.1) is 0 Å². The summed E-state index contributed by atoms with van der Waals surface area (Å²) in [6.07, 6.45) is 3.31. The van der Waals surface area contributed by atoms with E-state index in [2.05, 4.69) is 10.3 Å². The predicted molar refractivity (Wildman–Crippen MR) is 95.6 cm³/mol. The maximum Gasteiger partial charge on any atom is 0.266 e. The summed E-state index contributed by atoms with van der Waals surface area (Å²) in [7, 11) is -3.85. The van der Waals surface area contributed by atoms with Crippen LogP contribution in [0.25, 0.3) is 0 Å². The molecule has 0 fully saturated rings. The third-order valence-electron chi connectivity index (χ3n) is 3.38. The quantitative estimate of drug-likeness (QED) is 0.778. The molecule has 8 heteroatoms. The Morgan fingerprint density at radius 3 is 2.62 bits per heavy atom. The van der Waals surface area contributed by atoms with Crippen molar-refractivity contribution in [3.63, 3.8) is 0 Å². The Morgan fingerprint density at radius 2 is 2.04 bits per heavy atom. The van der Waals surface area contributed by atoms with Crippen LogP contribution in [-0.4, -0.2) is 31.9 Å². The van der Waals surface area contributed by atoms with Crippen molar-refractivity contribution < 1.29 is 13.2 Å². The topological polar surface area (TPSA) is 79.4 Å². The number of hydrogen-bond acceptors (Lipinski definition) is 5. The first-order valence-corrected chi connectivity index (χ1v) is 10.0. The van der Waals surface area contributed by atoms with Gasteiger partial charge in [0, 0.05) is 17.6 Å². The molecule has 0 aliphatic carbocycles. The van der Waals surface area contributed by atoms with Crippen molar-refractivity contribution in [2.75, 3.05) is 10.8 Å². The molecule has 1 amide bonds. The zero-order valence-electron chi connectivity index (χ0n) is 13.7. The number of benzene rings is 1. The molecule has 1 heterocycles. The summed E-state index contributed by atoms with van der Waals surface area (Å²) in [6, 6.07) is 8.06. The minimum Gasteiger partial charge on any atom is -0.352 e. The molecule has 1 aromatic carbocycles. The number of carbonyl (C=O) groups is 1. The molecule has 1 aromatic heterocycles. The Labute approximate surface area is 146 Å². The molecule has 0 bridgehead atoms. The van der Waals surface area contributed by atoms with Gasteiger partial charge in [-0.05, 0) is 25.5 Å². The van der Waals surface area contributed by atoms with Crippen molar-refractivity contribution in [2.45, 2.75) is 37.6 Å². The van der Waals surface area contributed by atoms with Gasteiger partial charge in [0.1, 0.15) is 6.54 Å². The minimum absolute atomic E-state index is 0.0000688. The van der Waals surface area contributed by atoms with Crippen LogP contribution >= 0.6 is 11.3 Å². The molecular formula is C16H21N3O3S2. The second kappa shape index (κ2) is 8.25. The number of hydrogen-bond donors (Lipinski definition) is 1. The number of anilines is 1. The third-order valence-corrected chi connectivity index (χ3v) is 6.04. The Hall–Kier alpha value is -1.93. The molecule has 0 aliphatic rings. The molecule has 0 spiro atoms. The molecule has 24 heavy (non-hydrogen) atoms. The summed E-state index contributed by atoms with van der Waals surface area (Å²) in [5, 5.41) is 4.78. The van der Waals surface area contributed by atoms with Crippen LogP contribution in [0.4, 0.5) is 5.13 Å². The van der Waals surface area contributed by atoms with E-state index in [1.54, 1.807) is 23.6 Å². The molecule has 1 N–H and O–H groups in total. The molecule has 0 unspecified atom stereocenters. The van der Waals surface area contributed by atoms with Gasteiger partial charge in [0.05, 0.1) is 4.90 Å². The van der Waals surface area contributed by atoms with Gasteiger partial charge in [-0.1, -0.05) is 31.5 Å². The minimum atomic E-state index is -3.85. The van der Waals surface area contributed by atoms with E-state index in [9.17, 15) is 13.2 Å². The van der Waals surface area contributed by atoms with Crippen LogP contribution < -0.4 is 9.62 Å². The number of rotatable bonds is 8. The van der Waals surface area contributed by atoms with Gasteiger partial charge in [0.25, 0.3) is 10.0 Å². The molecular weight excluding hydrogens is 346 g/mol. The first kappa shape index (κ1) is 18.4. The average Bonchev–Trinajstić information content (AvgIpc) is 3.07. The van der Waals surface area contributed by atoms with E-state index in [-0.39, 0.29) is 28.5 Å². The smallest absolute Gasteiger partial charge is 0.266 e. The van der Waals surface area contributed by atoms with Crippen molar-refractivity contribution in [1.82, 2.24) is 10.3 Å². The number of aromatic nitrogens is 1. The van der Waals surface area contributed by atoms with Crippen molar-refractivity contribution in [2.24, 2.45) is 0 Å². The molecule has 1 atom stereocenters. The fourth-order valence-corrected chi connectivity index (χ4v) is 4.54. The van der Waals surface area contributed by atoms with Gasteiger partial charge in [0.15, 0.2) is 5.13 Å². The Kier molecular flexibility index (Phi) is 6.33. The number of carbonyl (C=O) groups excluding carboxylic acids is 1. The lowest BCUT2D eigenvalue weighted by Crippen LogP contribution is -2.43. The maximum atomic E-state index is 12.9. The van der Waals surface area contributed by atoms with Crippen LogP contribution in [0.3, 0.4) is 0 Å². The zero-order chi connectivity index (χ0) is 17.6. The molecule has 0 radical (unpaired) electrons. The van der Waals surface area contributed by atoms with Gasteiger partial charge >= 0.3 is 0 Å². The highest BCUT2D eigenvalue weighted by molar-refractivity contribution is 7.93. The van der Waals surface area contributed by atoms with E-state index < -0.39 is 10.0 Å². The highest BCUT2D eigenvalue weighted by atomic mass is 32.2. The van der Waals surface area contributed by atoms with Crippen LogP contribution in [-0.2, 0) is 14.8 Å². The molecule has 2 rings (SSSR count). The predicted octanol–water partition coefficient (Wildman–Crippen LogP) is 2.64. The summed E-state index contributed by atoms with van der Waals surface area (Å²) in [5.74, 6) is -0.342. The lowest BCUT2D eigenvalue weighted by atomic mass is 10.2. The maximum absolute atomic E-state index is 12.9. The van der Waals surface area contributed by atoms with Gasteiger partial charge in [-0.2, -0.15) is 0 Å². The first-order valence-electron chi connectivity index (χ1n) is 7.71. The Bertz CT molecular complexity index is 746. The van der Waals surface area contributed by atoms with E-state index in [0.717, 1.165) is 17.1 Å². The number of nitrogens with zero attached hydrogens (tertiary/aromatic N) is 2. The Balaban J connectivity index is 2.25. The van der Waals surface area contributed by atoms with Crippen LogP contribution in [0.15, 0.2) is 46.8 Å². The standard InChI is InChI=1S/C16H21N3O3S2/c1-3-7-13(2)18-15(20)12-19(16-17-10-11-23-16)24(21,22)14-8-5-4-6-9-14/h4-6,8-11,13H,3,7,12H2,1-2H3,(H,18,20)/t13-/m1/s1. The van der Waals surface area contributed by atoms with E-state index in [1.165, 1.54) is 29.7 Å². The van der Waals surface area contributed by atoms with Crippen molar-refractivity contribution in [1.29, 1.82) is 0 Å². The largest absolute Gasteiger partial charge is 0.352 e. The fourth-order valence-electron chi connectivity index (χ4n) is 2.27. The van der Waals surface area contributed by atoms with Gasteiger partial charge < -0.3 is 5.32 Å². The zero-order valence-corrected chi connectivity index (χ0v) is 15.3. The molecule has 2 aromatic rings. The Morgan fingerprint density at radius 1 is 1.33 bits per heavy atom. The van der Waals surface area contributed by atoms with Crippen LogP contribution in [0.5, 0.6) is 0 Å². The van der Waals surface area contributed by atoms with Crippen molar-refractivity contribution >= 4 is 32.4 Å². The van der Waals surface area contributed by atoms with Gasteiger partial charge in [-0.3, -0.25) is 4.79 Å².